The highest BCUT2D eigenvalue weighted by Crippen LogP contribution is 2.49. The molecular weight excluding hydrogens is 408 g/mol. The van der Waals surface area contributed by atoms with Crippen LogP contribution >= 0.6 is 15.9 Å². The van der Waals surface area contributed by atoms with Crippen LogP contribution in [-0.4, -0.2) is 9.97 Å². The number of fused-ring (bicyclic) bond motifs is 3. The standard InChI is InChI=1S/C25H19BrN2/c1-25(2)21-7-4-3-6-19(21)20-11-8-16(14-22(20)25)18-10-9-17(15-23(18)26)24-27-12-5-13-28-24/h3-15H,1-2H3. The van der Waals surface area contributed by atoms with Gasteiger partial charge in [-0.05, 0) is 51.6 Å². The number of rotatable bonds is 2. The Balaban J connectivity index is 1.60. The van der Waals surface area contributed by atoms with Crippen molar-refractivity contribution in [3.8, 4) is 33.6 Å². The molecule has 0 saturated carbocycles. The molecule has 0 radical (unpaired) electrons. The third-order valence-corrected chi connectivity index (χ3v) is 6.34. The third kappa shape index (κ3) is 2.61. The van der Waals surface area contributed by atoms with Crippen molar-refractivity contribution in [2.24, 2.45) is 0 Å². The minimum absolute atomic E-state index is 0.00618. The van der Waals surface area contributed by atoms with Gasteiger partial charge in [-0.15, -0.1) is 0 Å². The van der Waals surface area contributed by atoms with Crippen LogP contribution in [0.25, 0.3) is 33.6 Å². The summed E-state index contributed by atoms with van der Waals surface area (Å²) < 4.78 is 1.05. The van der Waals surface area contributed by atoms with Crippen molar-refractivity contribution in [2.45, 2.75) is 19.3 Å². The minimum atomic E-state index is 0.00618. The molecule has 1 heterocycles. The molecule has 1 aliphatic carbocycles. The van der Waals surface area contributed by atoms with Crippen molar-refractivity contribution in [1.29, 1.82) is 0 Å². The molecule has 2 nitrogen and oxygen atoms in total. The first-order valence-electron chi connectivity index (χ1n) is 9.37. The van der Waals surface area contributed by atoms with Gasteiger partial charge >= 0.3 is 0 Å². The van der Waals surface area contributed by atoms with Gasteiger partial charge in [0.05, 0.1) is 0 Å². The van der Waals surface area contributed by atoms with Crippen molar-refractivity contribution in [1.82, 2.24) is 9.97 Å². The van der Waals surface area contributed by atoms with Crippen LogP contribution in [0.15, 0.2) is 83.6 Å². The zero-order chi connectivity index (χ0) is 19.3. The highest BCUT2D eigenvalue weighted by molar-refractivity contribution is 9.10. The molecular formula is C25H19BrN2. The van der Waals surface area contributed by atoms with E-state index in [0.717, 1.165) is 15.9 Å². The second-order valence-corrected chi connectivity index (χ2v) is 8.55. The van der Waals surface area contributed by atoms with Gasteiger partial charge in [0.2, 0.25) is 0 Å². The number of hydrogen-bond donors (Lipinski definition) is 0. The van der Waals surface area contributed by atoms with Gasteiger partial charge < -0.3 is 0 Å². The maximum absolute atomic E-state index is 4.35. The number of nitrogens with zero attached hydrogens (tertiary/aromatic N) is 2. The number of halogens is 1. The van der Waals surface area contributed by atoms with Gasteiger partial charge in [0, 0.05) is 27.8 Å². The summed E-state index contributed by atoms with van der Waals surface area (Å²) in [5.74, 6) is 0.736. The van der Waals surface area contributed by atoms with Crippen LogP contribution in [0.4, 0.5) is 0 Å². The van der Waals surface area contributed by atoms with E-state index in [1.54, 1.807) is 12.4 Å². The molecule has 0 atom stereocenters. The molecule has 0 N–H and O–H groups in total. The molecule has 5 rings (SSSR count). The van der Waals surface area contributed by atoms with E-state index in [1.807, 2.05) is 6.07 Å². The zero-order valence-electron chi connectivity index (χ0n) is 15.8. The first kappa shape index (κ1) is 17.3. The fourth-order valence-corrected chi connectivity index (χ4v) is 4.82. The predicted octanol–water partition coefficient (Wildman–Crippen LogP) is 6.88. The largest absolute Gasteiger partial charge is 0.237 e. The highest BCUT2D eigenvalue weighted by Gasteiger charge is 2.35. The Morgan fingerprint density at radius 1 is 0.679 bits per heavy atom. The summed E-state index contributed by atoms with van der Waals surface area (Å²) in [6.07, 6.45) is 3.54. The Morgan fingerprint density at radius 2 is 1.36 bits per heavy atom. The molecule has 0 saturated heterocycles. The summed E-state index contributed by atoms with van der Waals surface area (Å²) in [6.45, 7) is 4.62. The van der Waals surface area contributed by atoms with Gasteiger partial charge in [0.1, 0.15) is 0 Å². The monoisotopic (exact) mass is 426 g/mol. The first-order chi connectivity index (χ1) is 13.6. The molecule has 136 valence electrons. The van der Waals surface area contributed by atoms with E-state index < -0.39 is 0 Å². The van der Waals surface area contributed by atoms with Crippen LogP contribution in [0.2, 0.25) is 0 Å². The lowest BCUT2D eigenvalue weighted by Gasteiger charge is -2.22. The van der Waals surface area contributed by atoms with Gasteiger partial charge in [-0.25, -0.2) is 9.97 Å². The van der Waals surface area contributed by atoms with Crippen LogP contribution in [0.1, 0.15) is 25.0 Å². The van der Waals surface area contributed by atoms with Crippen molar-refractivity contribution in [2.75, 3.05) is 0 Å². The summed E-state index contributed by atoms with van der Waals surface area (Å²) in [5.41, 5.74) is 8.88. The fourth-order valence-electron chi connectivity index (χ4n) is 4.21. The van der Waals surface area contributed by atoms with E-state index in [0.29, 0.717) is 0 Å². The van der Waals surface area contributed by atoms with Gasteiger partial charge in [0.15, 0.2) is 5.82 Å². The van der Waals surface area contributed by atoms with Crippen molar-refractivity contribution in [3.05, 3.63) is 94.7 Å². The van der Waals surface area contributed by atoms with E-state index in [1.165, 1.54) is 33.4 Å². The van der Waals surface area contributed by atoms with Gasteiger partial charge in [-0.2, -0.15) is 0 Å². The summed E-state index contributed by atoms with van der Waals surface area (Å²) >= 11 is 3.76. The molecule has 0 spiro atoms. The van der Waals surface area contributed by atoms with E-state index in [-0.39, 0.29) is 5.41 Å². The molecule has 0 bridgehead atoms. The molecule has 0 aliphatic heterocycles. The van der Waals surface area contributed by atoms with Crippen molar-refractivity contribution < 1.29 is 0 Å². The molecule has 3 heteroatoms. The number of benzene rings is 3. The predicted molar refractivity (Wildman–Crippen MR) is 118 cm³/mol. The molecule has 1 aromatic heterocycles. The lowest BCUT2D eigenvalue weighted by molar-refractivity contribution is 0.660. The maximum atomic E-state index is 4.35. The number of aromatic nitrogens is 2. The summed E-state index contributed by atoms with van der Waals surface area (Å²) in [4.78, 5) is 8.70. The SMILES string of the molecule is CC1(C)c2ccccc2-c2ccc(-c3ccc(-c4ncccn4)cc3Br)cc21. The Bertz CT molecular complexity index is 1200. The van der Waals surface area contributed by atoms with Gasteiger partial charge in [-0.1, -0.05) is 78.3 Å². The number of hydrogen-bond acceptors (Lipinski definition) is 2. The van der Waals surface area contributed by atoms with Crippen LogP contribution in [0.3, 0.4) is 0 Å². The molecule has 28 heavy (non-hydrogen) atoms. The van der Waals surface area contributed by atoms with Crippen molar-refractivity contribution in [3.63, 3.8) is 0 Å². The van der Waals surface area contributed by atoms with Crippen LogP contribution < -0.4 is 0 Å². The van der Waals surface area contributed by atoms with E-state index >= 15 is 0 Å². The summed E-state index contributed by atoms with van der Waals surface area (Å²) in [5, 5.41) is 0. The second kappa shape index (κ2) is 6.39. The molecule has 0 fully saturated rings. The van der Waals surface area contributed by atoms with E-state index in [2.05, 4.69) is 100 Å². The maximum Gasteiger partial charge on any atom is 0.159 e. The van der Waals surface area contributed by atoms with Crippen LogP contribution in [0, 0.1) is 0 Å². The summed E-state index contributed by atoms with van der Waals surface area (Å²) in [6, 6.07) is 23.7. The lowest BCUT2D eigenvalue weighted by atomic mass is 9.81. The summed E-state index contributed by atoms with van der Waals surface area (Å²) in [7, 11) is 0. The topological polar surface area (TPSA) is 25.8 Å². The Labute approximate surface area is 173 Å². The van der Waals surface area contributed by atoms with Gasteiger partial charge in [-0.3, -0.25) is 0 Å². The average Bonchev–Trinajstić information content (AvgIpc) is 2.96. The fraction of sp³-hybridized carbons (Fsp3) is 0.120. The highest BCUT2D eigenvalue weighted by atomic mass is 79.9. The zero-order valence-corrected chi connectivity index (χ0v) is 17.4. The Hall–Kier alpha value is -2.78. The molecule has 4 aromatic rings. The lowest BCUT2D eigenvalue weighted by Crippen LogP contribution is -2.14. The van der Waals surface area contributed by atoms with E-state index in [9.17, 15) is 0 Å². The minimum Gasteiger partial charge on any atom is -0.237 e. The average molecular weight is 427 g/mol. The molecule has 0 unspecified atom stereocenters. The van der Waals surface area contributed by atoms with Gasteiger partial charge in [0.25, 0.3) is 0 Å². The first-order valence-corrected chi connectivity index (χ1v) is 10.2. The smallest absolute Gasteiger partial charge is 0.159 e. The Kier molecular flexibility index (Phi) is 3.95. The third-order valence-electron chi connectivity index (χ3n) is 5.69. The van der Waals surface area contributed by atoms with Crippen molar-refractivity contribution >= 4 is 15.9 Å². The quantitative estimate of drug-likeness (QED) is 0.349. The molecule has 0 amide bonds. The van der Waals surface area contributed by atoms with Crippen LogP contribution in [-0.2, 0) is 5.41 Å². The second-order valence-electron chi connectivity index (χ2n) is 7.70. The Morgan fingerprint density at radius 3 is 2.14 bits per heavy atom. The van der Waals surface area contributed by atoms with Crippen LogP contribution in [0.5, 0.6) is 0 Å². The van der Waals surface area contributed by atoms with E-state index in [4.69, 9.17) is 0 Å². The molecule has 1 aliphatic rings. The normalized spacial score (nSPS) is 13.8. The molecule has 3 aromatic carbocycles.